The van der Waals surface area contributed by atoms with Gasteiger partial charge in [-0.1, -0.05) is 18.2 Å². The number of aromatic nitrogens is 1. The molecular formula is C12H12INO. The summed E-state index contributed by atoms with van der Waals surface area (Å²) in [5.74, 6) is 1.69. The van der Waals surface area contributed by atoms with E-state index in [1.54, 1.807) is 0 Å². The summed E-state index contributed by atoms with van der Waals surface area (Å²) in [5.41, 5.74) is 0. The van der Waals surface area contributed by atoms with Crippen LogP contribution in [0.5, 0.6) is 11.6 Å². The van der Waals surface area contributed by atoms with Crippen LogP contribution in [0.4, 0.5) is 0 Å². The number of nitrogens with zero attached hydrogens (tertiary/aromatic N) is 1. The molecular weight excluding hydrogens is 301 g/mol. The van der Waals surface area contributed by atoms with Gasteiger partial charge >= 0.3 is 5.88 Å². The van der Waals surface area contributed by atoms with Gasteiger partial charge in [0.25, 0.3) is 0 Å². The molecule has 15 heavy (non-hydrogen) atoms. The number of aryl methyl sites for hydroxylation is 1. The summed E-state index contributed by atoms with van der Waals surface area (Å²) in [7, 11) is 1.96. The van der Waals surface area contributed by atoms with E-state index in [2.05, 4.69) is 0 Å². The largest absolute Gasteiger partial charge is 1.00 e. The minimum atomic E-state index is 0. The summed E-state index contributed by atoms with van der Waals surface area (Å²) < 4.78 is 7.61. The number of halogens is 1. The Balaban J connectivity index is 0.00000112. The highest BCUT2D eigenvalue weighted by molar-refractivity contribution is 5.24. The molecule has 0 atom stereocenters. The molecule has 1 heterocycles. The van der Waals surface area contributed by atoms with E-state index in [9.17, 15) is 0 Å². The zero-order valence-corrected chi connectivity index (χ0v) is 10.6. The molecule has 78 valence electrons. The number of pyridine rings is 1. The van der Waals surface area contributed by atoms with Crippen molar-refractivity contribution >= 4 is 0 Å². The van der Waals surface area contributed by atoms with Crippen molar-refractivity contribution in [3.8, 4) is 11.6 Å². The van der Waals surface area contributed by atoms with Crippen molar-refractivity contribution in [1.29, 1.82) is 0 Å². The van der Waals surface area contributed by atoms with E-state index < -0.39 is 0 Å². The number of rotatable bonds is 2. The summed E-state index contributed by atoms with van der Waals surface area (Å²) in [4.78, 5) is 0. The molecule has 0 N–H and O–H groups in total. The highest BCUT2D eigenvalue weighted by atomic mass is 127. The van der Waals surface area contributed by atoms with E-state index in [-0.39, 0.29) is 24.0 Å². The predicted molar refractivity (Wildman–Crippen MR) is 54.1 cm³/mol. The second-order valence-electron chi connectivity index (χ2n) is 3.06. The topological polar surface area (TPSA) is 13.1 Å². The lowest BCUT2D eigenvalue weighted by atomic mass is 10.3. The molecule has 0 spiro atoms. The van der Waals surface area contributed by atoms with Crippen molar-refractivity contribution in [2.24, 2.45) is 7.05 Å². The summed E-state index contributed by atoms with van der Waals surface area (Å²) in [6.07, 6.45) is 1.96. The van der Waals surface area contributed by atoms with Gasteiger partial charge in [-0.05, 0) is 18.2 Å². The quantitative estimate of drug-likeness (QED) is 0.528. The maximum absolute atomic E-state index is 5.67. The molecule has 0 bridgehead atoms. The van der Waals surface area contributed by atoms with Crippen molar-refractivity contribution < 1.29 is 33.3 Å². The normalized spacial score (nSPS) is 9.13. The monoisotopic (exact) mass is 313 g/mol. The van der Waals surface area contributed by atoms with Gasteiger partial charge in [0.2, 0.25) is 0 Å². The van der Waals surface area contributed by atoms with E-state index >= 15 is 0 Å². The molecule has 0 aliphatic rings. The van der Waals surface area contributed by atoms with Gasteiger partial charge in [0.15, 0.2) is 6.20 Å². The van der Waals surface area contributed by atoms with Crippen molar-refractivity contribution in [2.45, 2.75) is 0 Å². The molecule has 1 aromatic carbocycles. The first-order valence-corrected chi connectivity index (χ1v) is 4.54. The Hall–Kier alpha value is -1.10. The van der Waals surface area contributed by atoms with Crippen LogP contribution in [0, 0.1) is 0 Å². The van der Waals surface area contributed by atoms with Crippen molar-refractivity contribution in [1.82, 2.24) is 0 Å². The molecule has 0 aliphatic heterocycles. The highest BCUT2D eigenvalue weighted by Gasteiger charge is 2.05. The fraction of sp³-hybridized carbons (Fsp3) is 0.0833. The lowest BCUT2D eigenvalue weighted by Crippen LogP contribution is -3.00. The van der Waals surface area contributed by atoms with E-state index in [4.69, 9.17) is 4.74 Å². The number of para-hydroxylation sites is 1. The van der Waals surface area contributed by atoms with E-state index in [0.29, 0.717) is 0 Å². The molecule has 0 amide bonds. The Bertz CT molecular complexity index is 417. The Morgan fingerprint density at radius 3 is 2.27 bits per heavy atom. The number of hydrogen-bond donors (Lipinski definition) is 0. The molecule has 2 aromatic rings. The summed E-state index contributed by atoms with van der Waals surface area (Å²) in [6, 6.07) is 15.6. The second-order valence-corrected chi connectivity index (χ2v) is 3.06. The van der Waals surface area contributed by atoms with Crippen LogP contribution in [0.2, 0.25) is 0 Å². The molecule has 3 heteroatoms. The lowest BCUT2D eigenvalue weighted by molar-refractivity contribution is -0.675. The van der Waals surface area contributed by atoms with Crippen LogP contribution in [-0.4, -0.2) is 0 Å². The maximum atomic E-state index is 5.67. The van der Waals surface area contributed by atoms with E-state index in [1.807, 2.05) is 66.3 Å². The van der Waals surface area contributed by atoms with Crippen molar-refractivity contribution in [2.75, 3.05) is 0 Å². The van der Waals surface area contributed by atoms with Crippen LogP contribution in [0.25, 0.3) is 0 Å². The molecule has 1 aromatic heterocycles. The van der Waals surface area contributed by atoms with Crippen LogP contribution in [0.1, 0.15) is 0 Å². The second kappa shape index (κ2) is 5.70. The van der Waals surface area contributed by atoms with Gasteiger partial charge in [-0.15, -0.1) is 0 Å². The standard InChI is InChI=1S/C12H12NO.HI/c1-13-10-6-5-9-12(13)14-11-7-3-2-4-8-11;/h2-10H,1H3;1H/q+1;/p-1. The Kier molecular flexibility index (Phi) is 4.55. The summed E-state index contributed by atoms with van der Waals surface area (Å²) >= 11 is 0. The number of hydrogen-bond acceptors (Lipinski definition) is 1. The average molecular weight is 313 g/mol. The average Bonchev–Trinajstić information content (AvgIpc) is 2.23. The van der Waals surface area contributed by atoms with Gasteiger partial charge in [-0.25, -0.2) is 0 Å². The lowest BCUT2D eigenvalue weighted by Gasteiger charge is -2.01. The van der Waals surface area contributed by atoms with Crippen molar-refractivity contribution in [3.63, 3.8) is 0 Å². The van der Waals surface area contributed by atoms with E-state index in [1.165, 1.54) is 0 Å². The summed E-state index contributed by atoms with van der Waals surface area (Å²) in [6.45, 7) is 0. The van der Waals surface area contributed by atoms with Crippen LogP contribution in [-0.2, 0) is 7.05 Å². The molecule has 2 rings (SSSR count). The smallest absolute Gasteiger partial charge is 0.372 e. The van der Waals surface area contributed by atoms with Gasteiger partial charge in [0, 0.05) is 6.07 Å². The third kappa shape index (κ3) is 3.20. The molecule has 2 nitrogen and oxygen atoms in total. The van der Waals surface area contributed by atoms with Gasteiger partial charge < -0.3 is 28.7 Å². The molecule has 0 unspecified atom stereocenters. The first-order chi connectivity index (χ1) is 6.86. The third-order valence-corrected chi connectivity index (χ3v) is 1.97. The fourth-order valence-corrected chi connectivity index (χ4v) is 1.22. The summed E-state index contributed by atoms with van der Waals surface area (Å²) in [5, 5.41) is 0. The molecule has 0 saturated heterocycles. The minimum Gasteiger partial charge on any atom is -1.00 e. The van der Waals surface area contributed by atoms with E-state index in [0.717, 1.165) is 11.6 Å². The molecule has 0 radical (unpaired) electrons. The number of benzene rings is 1. The number of ether oxygens (including phenoxy) is 1. The van der Waals surface area contributed by atoms with Crippen LogP contribution < -0.4 is 33.3 Å². The fourth-order valence-electron chi connectivity index (χ4n) is 1.22. The maximum Gasteiger partial charge on any atom is 0.372 e. The predicted octanol–water partition coefficient (Wildman–Crippen LogP) is -0.693. The first kappa shape index (κ1) is 12.0. The van der Waals surface area contributed by atoms with Crippen LogP contribution >= 0.6 is 0 Å². The van der Waals surface area contributed by atoms with Gasteiger partial charge in [0.1, 0.15) is 12.8 Å². The Morgan fingerprint density at radius 2 is 1.60 bits per heavy atom. The Labute approximate surface area is 107 Å². The first-order valence-electron chi connectivity index (χ1n) is 4.54. The van der Waals surface area contributed by atoms with Gasteiger partial charge in [-0.2, -0.15) is 4.57 Å². The minimum absolute atomic E-state index is 0. The molecule has 0 aliphatic carbocycles. The Morgan fingerprint density at radius 1 is 0.933 bits per heavy atom. The molecule has 0 fully saturated rings. The molecule has 0 saturated carbocycles. The van der Waals surface area contributed by atoms with Gasteiger partial charge in [0.05, 0.1) is 6.07 Å². The van der Waals surface area contributed by atoms with Gasteiger partial charge in [-0.3, -0.25) is 0 Å². The van der Waals surface area contributed by atoms with Crippen LogP contribution in [0.3, 0.4) is 0 Å². The zero-order valence-electron chi connectivity index (χ0n) is 8.43. The van der Waals surface area contributed by atoms with Crippen molar-refractivity contribution in [3.05, 3.63) is 54.7 Å². The third-order valence-electron chi connectivity index (χ3n) is 1.97. The highest BCUT2D eigenvalue weighted by Crippen LogP contribution is 2.15. The zero-order chi connectivity index (χ0) is 9.80. The van der Waals surface area contributed by atoms with Crippen LogP contribution in [0.15, 0.2) is 54.7 Å². The SMILES string of the molecule is C[n+]1ccccc1Oc1ccccc1.[I-].